The molecule has 0 aliphatic rings. The molecule has 0 radical (unpaired) electrons. The van der Waals surface area contributed by atoms with Crippen molar-refractivity contribution in [3.05, 3.63) is 57.6 Å². The number of aliphatic hydroxyl groups excluding tert-OH is 1. The van der Waals surface area contributed by atoms with Gasteiger partial charge in [-0.1, -0.05) is 29.3 Å². The molecule has 106 valence electrons. The number of aliphatic hydroxyl groups is 1. The van der Waals surface area contributed by atoms with Crippen molar-refractivity contribution < 1.29 is 14.6 Å². The van der Waals surface area contributed by atoms with E-state index in [0.29, 0.717) is 32.7 Å². The van der Waals surface area contributed by atoms with E-state index < -0.39 is 6.10 Å². The van der Waals surface area contributed by atoms with Gasteiger partial charge >= 0.3 is 0 Å². The maximum atomic E-state index is 10.5. The van der Waals surface area contributed by atoms with Crippen molar-refractivity contribution in [2.75, 3.05) is 14.2 Å². The van der Waals surface area contributed by atoms with Crippen molar-refractivity contribution in [2.24, 2.45) is 0 Å². The molecule has 0 fully saturated rings. The highest BCUT2D eigenvalue weighted by molar-refractivity contribution is 6.32. The lowest BCUT2D eigenvalue weighted by Gasteiger charge is -2.16. The second-order valence-electron chi connectivity index (χ2n) is 4.18. The van der Waals surface area contributed by atoms with Gasteiger partial charge in [-0.25, -0.2) is 0 Å². The molecule has 2 rings (SSSR count). The molecule has 0 saturated carbocycles. The van der Waals surface area contributed by atoms with Gasteiger partial charge in [0.25, 0.3) is 0 Å². The standard InChI is InChI=1S/C15H14Cl2O3/c1-19-13-6-4-10(16)8-11(13)15(18)9-3-5-14(20-2)12(17)7-9/h3-8,15,18H,1-2H3. The van der Waals surface area contributed by atoms with Gasteiger partial charge in [0.1, 0.15) is 17.6 Å². The van der Waals surface area contributed by atoms with Crippen LogP contribution in [0.15, 0.2) is 36.4 Å². The smallest absolute Gasteiger partial charge is 0.137 e. The molecule has 0 bridgehead atoms. The fourth-order valence-corrected chi connectivity index (χ4v) is 2.40. The molecule has 0 spiro atoms. The van der Waals surface area contributed by atoms with Gasteiger partial charge < -0.3 is 14.6 Å². The zero-order valence-electron chi connectivity index (χ0n) is 11.1. The first kappa shape index (κ1) is 15.0. The fourth-order valence-electron chi connectivity index (χ4n) is 1.95. The van der Waals surface area contributed by atoms with E-state index in [4.69, 9.17) is 32.7 Å². The average Bonchev–Trinajstić information content (AvgIpc) is 2.46. The SMILES string of the molecule is COc1ccc(C(O)c2cc(Cl)ccc2OC)cc1Cl. The lowest BCUT2D eigenvalue weighted by Crippen LogP contribution is -2.03. The number of ether oxygens (including phenoxy) is 2. The van der Waals surface area contributed by atoms with E-state index in [1.165, 1.54) is 7.11 Å². The number of benzene rings is 2. The minimum Gasteiger partial charge on any atom is -0.496 e. The summed E-state index contributed by atoms with van der Waals surface area (Å²) in [5, 5.41) is 11.4. The van der Waals surface area contributed by atoms with Gasteiger partial charge in [-0.05, 0) is 35.9 Å². The zero-order valence-corrected chi connectivity index (χ0v) is 12.6. The summed E-state index contributed by atoms with van der Waals surface area (Å²) in [6, 6.07) is 10.2. The first-order valence-corrected chi connectivity index (χ1v) is 6.67. The number of rotatable bonds is 4. The van der Waals surface area contributed by atoms with Crippen molar-refractivity contribution in [2.45, 2.75) is 6.10 Å². The van der Waals surface area contributed by atoms with Gasteiger partial charge in [0, 0.05) is 10.6 Å². The monoisotopic (exact) mass is 312 g/mol. The maximum absolute atomic E-state index is 10.5. The number of hydrogen-bond donors (Lipinski definition) is 1. The van der Waals surface area contributed by atoms with Crippen LogP contribution in [-0.2, 0) is 0 Å². The first-order valence-electron chi connectivity index (χ1n) is 5.91. The Hall–Kier alpha value is -1.42. The Morgan fingerprint density at radius 1 is 0.950 bits per heavy atom. The highest BCUT2D eigenvalue weighted by Crippen LogP contribution is 2.35. The first-order chi connectivity index (χ1) is 9.56. The molecule has 20 heavy (non-hydrogen) atoms. The topological polar surface area (TPSA) is 38.7 Å². The summed E-state index contributed by atoms with van der Waals surface area (Å²) in [4.78, 5) is 0. The fraction of sp³-hybridized carbons (Fsp3) is 0.200. The van der Waals surface area contributed by atoms with Crippen LogP contribution in [-0.4, -0.2) is 19.3 Å². The minimum absolute atomic E-state index is 0.435. The summed E-state index contributed by atoms with van der Waals surface area (Å²) in [7, 11) is 3.08. The van der Waals surface area contributed by atoms with Crippen molar-refractivity contribution in [3.63, 3.8) is 0 Å². The molecule has 2 aromatic carbocycles. The van der Waals surface area contributed by atoms with Crippen LogP contribution in [0.4, 0.5) is 0 Å². The molecule has 0 aliphatic carbocycles. The third-order valence-electron chi connectivity index (χ3n) is 2.98. The number of methoxy groups -OCH3 is 2. The Balaban J connectivity index is 2.43. The van der Waals surface area contributed by atoms with Gasteiger partial charge in [-0.2, -0.15) is 0 Å². The summed E-state index contributed by atoms with van der Waals surface area (Å²) in [5.74, 6) is 1.12. The Kier molecular flexibility index (Phi) is 4.76. The van der Waals surface area contributed by atoms with Gasteiger partial charge in [0.2, 0.25) is 0 Å². The quantitative estimate of drug-likeness (QED) is 0.924. The normalized spacial score (nSPS) is 12.1. The van der Waals surface area contributed by atoms with Crippen LogP contribution in [0.25, 0.3) is 0 Å². The van der Waals surface area contributed by atoms with Crippen LogP contribution in [0.5, 0.6) is 11.5 Å². The van der Waals surface area contributed by atoms with Crippen molar-refractivity contribution in [1.29, 1.82) is 0 Å². The van der Waals surface area contributed by atoms with Crippen molar-refractivity contribution in [3.8, 4) is 11.5 Å². The molecule has 0 amide bonds. The molecule has 1 N–H and O–H groups in total. The molecule has 0 aromatic heterocycles. The molecule has 5 heteroatoms. The molecular formula is C15H14Cl2O3. The van der Waals surface area contributed by atoms with Crippen LogP contribution in [0.2, 0.25) is 10.0 Å². The Morgan fingerprint density at radius 2 is 1.60 bits per heavy atom. The lowest BCUT2D eigenvalue weighted by molar-refractivity contribution is 0.214. The average molecular weight is 313 g/mol. The van der Waals surface area contributed by atoms with E-state index in [-0.39, 0.29) is 0 Å². The Bertz CT molecular complexity index is 614. The van der Waals surface area contributed by atoms with Gasteiger partial charge in [-0.3, -0.25) is 0 Å². The van der Waals surface area contributed by atoms with Gasteiger partial charge in [-0.15, -0.1) is 0 Å². The van der Waals surface area contributed by atoms with Crippen molar-refractivity contribution in [1.82, 2.24) is 0 Å². The predicted octanol–water partition coefficient (Wildman–Crippen LogP) is 4.09. The van der Waals surface area contributed by atoms with Gasteiger partial charge in [0.15, 0.2) is 0 Å². The highest BCUT2D eigenvalue weighted by Gasteiger charge is 2.17. The van der Waals surface area contributed by atoms with Crippen LogP contribution >= 0.6 is 23.2 Å². The molecule has 0 aliphatic heterocycles. The summed E-state index contributed by atoms with van der Waals surface area (Å²) in [6.45, 7) is 0. The summed E-state index contributed by atoms with van der Waals surface area (Å²) >= 11 is 12.0. The molecule has 1 unspecified atom stereocenters. The van der Waals surface area contributed by atoms with Crippen molar-refractivity contribution >= 4 is 23.2 Å². The molecule has 3 nitrogen and oxygen atoms in total. The number of halogens is 2. The van der Waals surface area contributed by atoms with Gasteiger partial charge in [0.05, 0.1) is 19.2 Å². The van der Waals surface area contributed by atoms with E-state index in [1.807, 2.05) is 0 Å². The summed E-state index contributed by atoms with van der Waals surface area (Å²) < 4.78 is 10.3. The lowest BCUT2D eigenvalue weighted by atomic mass is 10.0. The second kappa shape index (κ2) is 6.35. The molecule has 1 atom stereocenters. The molecular weight excluding hydrogens is 299 g/mol. The molecule has 0 saturated heterocycles. The predicted molar refractivity (Wildman–Crippen MR) is 80.1 cm³/mol. The Morgan fingerprint density at radius 3 is 2.20 bits per heavy atom. The molecule has 2 aromatic rings. The van der Waals surface area contributed by atoms with E-state index >= 15 is 0 Å². The van der Waals surface area contributed by atoms with Crippen LogP contribution in [0.1, 0.15) is 17.2 Å². The third kappa shape index (κ3) is 3.01. The number of hydrogen-bond acceptors (Lipinski definition) is 3. The minimum atomic E-state index is -0.882. The van der Waals surface area contributed by atoms with E-state index in [2.05, 4.69) is 0 Å². The summed E-state index contributed by atoms with van der Waals surface area (Å²) in [5.41, 5.74) is 1.22. The van der Waals surface area contributed by atoms with E-state index in [0.717, 1.165) is 0 Å². The maximum Gasteiger partial charge on any atom is 0.137 e. The van der Waals surface area contributed by atoms with Crippen LogP contribution in [0, 0.1) is 0 Å². The van der Waals surface area contributed by atoms with Crippen LogP contribution in [0.3, 0.4) is 0 Å². The summed E-state index contributed by atoms with van der Waals surface area (Å²) in [6.07, 6.45) is -0.882. The van der Waals surface area contributed by atoms with E-state index in [9.17, 15) is 5.11 Å². The Labute approximate surface area is 127 Å². The zero-order chi connectivity index (χ0) is 14.7. The van der Waals surface area contributed by atoms with E-state index in [1.54, 1.807) is 43.5 Å². The van der Waals surface area contributed by atoms with Crippen LogP contribution < -0.4 is 9.47 Å². The third-order valence-corrected chi connectivity index (χ3v) is 3.51. The second-order valence-corrected chi connectivity index (χ2v) is 5.03. The molecule has 0 heterocycles. The largest absolute Gasteiger partial charge is 0.496 e. The highest BCUT2D eigenvalue weighted by atomic mass is 35.5.